The summed E-state index contributed by atoms with van der Waals surface area (Å²) in [4.78, 5) is 4.05. The Labute approximate surface area is 388 Å². The van der Waals surface area contributed by atoms with Crippen LogP contribution in [0.4, 0.5) is 11.4 Å². The Balaban J connectivity index is 0.000000241. The summed E-state index contributed by atoms with van der Waals surface area (Å²) >= 11 is 2.34. The number of hydrogen-bond acceptors (Lipinski definition) is 14. The molecule has 16 nitrogen and oxygen atoms in total. The van der Waals surface area contributed by atoms with Gasteiger partial charge in [-0.3, -0.25) is 0 Å². The predicted molar refractivity (Wildman–Crippen MR) is 256 cm³/mol. The van der Waals surface area contributed by atoms with Crippen molar-refractivity contribution in [1.82, 2.24) is 18.1 Å². The molecule has 2 atom stereocenters. The number of thiophene rings is 2. The van der Waals surface area contributed by atoms with Gasteiger partial charge in [-0.1, -0.05) is 36.4 Å². The molecular formula is C42H62N6O10S6. The van der Waals surface area contributed by atoms with E-state index >= 15 is 0 Å². The van der Waals surface area contributed by atoms with Crippen LogP contribution in [0.2, 0.25) is 0 Å². The Bertz CT molecular complexity index is 2390. The van der Waals surface area contributed by atoms with E-state index < -0.39 is 61.8 Å². The zero-order chi connectivity index (χ0) is 47.5. The summed E-state index contributed by atoms with van der Waals surface area (Å²) in [7, 11) is -14.3. The monoisotopic (exact) mass is 1000 g/mol. The minimum absolute atomic E-state index is 0.0875. The minimum Gasteiger partial charge on any atom is -0.386 e. The van der Waals surface area contributed by atoms with Crippen LogP contribution >= 0.6 is 22.7 Å². The van der Waals surface area contributed by atoms with Gasteiger partial charge in [-0.25, -0.2) is 43.1 Å². The van der Waals surface area contributed by atoms with Gasteiger partial charge in [-0.15, -0.1) is 22.7 Å². The first-order valence-corrected chi connectivity index (χ1v) is 28.6. The van der Waals surface area contributed by atoms with Crippen molar-refractivity contribution in [2.24, 2.45) is 0 Å². The van der Waals surface area contributed by atoms with Crippen LogP contribution in [0, 0.1) is 0 Å². The molecule has 22 heteroatoms. The fraction of sp³-hybridized carbons (Fsp3) is 0.524. The Hall–Kier alpha value is -3.00. The Morgan fingerprint density at radius 3 is 1.16 bits per heavy atom. The summed E-state index contributed by atoms with van der Waals surface area (Å²) in [5, 5.41) is 22.7. The molecule has 0 bridgehead atoms. The van der Waals surface area contributed by atoms with Crippen molar-refractivity contribution in [2.75, 3.05) is 62.2 Å². The molecule has 0 amide bonds. The lowest BCUT2D eigenvalue weighted by Crippen LogP contribution is -2.58. The molecule has 4 heterocycles. The van der Waals surface area contributed by atoms with Crippen LogP contribution < -0.4 is 19.2 Å². The highest BCUT2D eigenvalue weighted by atomic mass is 32.3. The summed E-state index contributed by atoms with van der Waals surface area (Å²) < 4.78 is 110. The smallest absolute Gasteiger partial charge is 0.252 e. The SMILES string of the molecule is CC(C)S(=O)(=O)NC[C@H]1CN(S(=O)(=O)c2cccs2)CCN1c1ccc(C(C)(C)O)cc1.CC(C)S(=O)(=O)NC[C@H]1CN(S(=O)(=O)c2cccs2)CCN1c1ccc(C(C)(C)O)cc1. The largest absolute Gasteiger partial charge is 0.386 e. The molecule has 2 aromatic carbocycles. The number of benzene rings is 2. The maximum absolute atomic E-state index is 13.1. The fourth-order valence-electron chi connectivity index (χ4n) is 7.07. The number of aliphatic hydroxyl groups is 2. The molecule has 2 aliphatic heterocycles. The van der Waals surface area contributed by atoms with Gasteiger partial charge in [0.2, 0.25) is 20.0 Å². The first-order valence-electron chi connectivity index (χ1n) is 20.9. The molecule has 0 unspecified atom stereocenters. The molecule has 2 aromatic heterocycles. The van der Waals surface area contributed by atoms with Gasteiger partial charge in [0.1, 0.15) is 8.42 Å². The van der Waals surface area contributed by atoms with Crippen LogP contribution in [-0.4, -0.2) is 127 Å². The number of anilines is 2. The summed E-state index contributed by atoms with van der Waals surface area (Å²) in [6.07, 6.45) is 0. The van der Waals surface area contributed by atoms with Crippen LogP contribution in [0.15, 0.2) is 92.0 Å². The summed E-state index contributed by atoms with van der Waals surface area (Å²) in [5.74, 6) is 0. The summed E-state index contributed by atoms with van der Waals surface area (Å²) in [5.41, 5.74) is 1.27. The minimum atomic E-state index is -3.64. The van der Waals surface area contributed by atoms with Gasteiger partial charge in [0, 0.05) is 63.7 Å². The lowest BCUT2D eigenvalue weighted by Gasteiger charge is -2.42. The van der Waals surface area contributed by atoms with E-state index in [-0.39, 0.29) is 46.7 Å². The van der Waals surface area contributed by atoms with E-state index in [9.17, 15) is 43.9 Å². The van der Waals surface area contributed by atoms with Gasteiger partial charge in [0.25, 0.3) is 20.0 Å². The quantitative estimate of drug-likeness (QED) is 0.123. The maximum atomic E-state index is 13.1. The van der Waals surface area contributed by atoms with Crippen LogP contribution in [0.5, 0.6) is 0 Å². The fourth-order valence-corrected chi connectivity index (χ4v) is 13.8. The molecule has 356 valence electrons. The van der Waals surface area contributed by atoms with Crippen molar-refractivity contribution in [2.45, 2.75) is 97.6 Å². The van der Waals surface area contributed by atoms with Crippen molar-refractivity contribution in [1.29, 1.82) is 0 Å². The molecule has 0 saturated carbocycles. The number of hydrogen-bond donors (Lipinski definition) is 4. The Morgan fingerprint density at radius 1 is 0.562 bits per heavy atom. The van der Waals surface area contributed by atoms with Crippen molar-refractivity contribution in [3.8, 4) is 0 Å². The average Bonchev–Trinajstić information content (AvgIpc) is 3.99. The van der Waals surface area contributed by atoms with E-state index in [1.54, 1.807) is 90.4 Å². The van der Waals surface area contributed by atoms with Gasteiger partial charge in [-0.2, -0.15) is 8.61 Å². The topological polar surface area (TPSA) is 214 Å². The molecule has 0 spiro atoms. The first kappa shape index (κ1) is 52.0. The van der Waals surface area contributed by atoms with Crippen LogP contribution in [0.1, 0.15) is 66.5 Å². The number of nitrogens with one attached hydrogen (secondary N) is 2. The lowest BCUT2D eigenvalue weighted by molar-refractivity contribution is 0.0780. The zero-order valence-corrected chi connectivity index (χ0v) is 42.3. The average molecular weight is 1000 g/mol. The van der Waals surface area contributed by atoms with Crippen molar-refractivity contribution < 1.29 is 43.9 Å². The first-order chi connectivity index (χ1) is 29.6. The van der Waals surface area contributed by atoms with Crippen LogP contribution in [-0.2, 0) is 51.3 Å². The van der Waals surface area contributed by atoms with E-state index in [1.165, 1.54) is 31.3 Å². The summed E-state index contributed by atoms with van der Waals surface area (Å²) in [6, 6.07) is 20.6. The third-order valence-corrected chi connectivity index (χ3v) is 21.3. The zero-order valence-electron chi connectivity index (χ0n) is 37.4. The highest BCUT2D eigenvalue weighted by Crippen LogP contribution is 2.31. The van der Waals surface area contributed by atoms with Crippen LogP contribution in [0.3, 0.4) is 0 Å². The molecular weight excluding hydrogens is 941 g/mol. The second kappa shape index (κ2) is 20.5. The molecule has 64 heavy (non-hydrogen) atoms. The van der Waals surface area contributed by atoms with Gasteiger partial charge in [0.05, 0.1) is 33.8 Å². The molecule has 2 fully saturated rings. The molecule has 0 radical (unpaired) electrons. The molecule has 6 rings (SSSR count). The van der Waals surface area contributed by atoms with E-state index in [0.29, 0.717) is 26.2 Å². The highest BCUT2D eigenvalue weighted by molar-refractivity contribution is 7.91. The van der Waals surface area contributed by atoms with Gasteiger partial charge < -0.3 is 20.0 Å². The number of nitrogens with zero attached hydrogens (tertiary/aromatic N) is 4. The number of sulfonamides is 4. The molecule has 4 N–H and O–H groups in total. The number of piperazine rings is 2. The van der Waals surface area contributed by atoms with Crippen LogP contribution in [0.25, 0.3) is 0 Å². The van der Waals surface area contributed by atoms with Crippen molar-refractivity contribution in [3.05, 3.63) is 94.7 Å². The molecule has 0 aliphatic carbocycles. The van der Waals surface area contributed by atoms with E-state index in [1.807, 2.05) is 58.3 Å². The third-order valence-electron chi connectivity index (χ3n) is 11.2. The number of rotatable bonds is 16. The van der Waals surface area contributed by atoms with Gasteiger partial charge >= 0.3 is 0 Å². The van der Waals surface area contributed by atoms with E-state index in [4.69, 9.17) is 0 Å². The second-order valence-electron chi connectivity index (χ2n) is 17.4. The van der Waals surface area contributed by atoms with Gasteiger partial charge in [0.15, 0.2) is 0 Å². The normalized spacial score (nSPS) is 18.9. The van der Waals surface area contributed by atoms with E-state index in [0.717, 1.165) is 22.5 Å². The van der Waals surface area contributed by atoms with E-state index in [2.05, 4.69) is 9.44 Å². The van der Waals surface area contributed by atoms with Gasteiger partial charge in [-0.05, 0) is 114 Å². The Kier molecular flexibility index (Phi) is 16.6. The van der Waals surface area contributed by atoms with Crippen molar-refractivity contribution in [3.63, 3.8) is 0 Å². The summed E-state index contributed by atoms with van der Waals surface area (Å²) in [6.45, 7) is 15.2. The predicted octanol–water partition coefficient (Wildman–Crippen LogP) is 4.37. The van der Waals surface area contributed by atoms with Crippen molar-refractivity contribution >= 4 is 74.1 Å². The second-order valence-corrected chi connectivity index (χ2v) is 28.2. The highest BCUT2D eigenvalue weighted by Gasteiger charge is 2.37. The maximum Gasteiger partial charge on any atom is 0.252 e. The molecule has 2 saturated heterocycles. The lowest BCUT2D eigenvalue weighted by atomic mass is 9.98. The standard InChI is InChI=1S/2C21H31N3O5S3/c2*1-16(2)31(26,27)22-14-19-15-23(32(28,29)20-6-5-13-30-20)11-12-24(19)18-9-7-17(8-10-18)21(3,4)25/h2*5-10,13,16,19,22,25H,11-12,14-15H2,1-4H3/t2*19-/m00/s1. The third kappa shape index (κ3) is 12.7. The molecule has 2 aliphatic rings. The Morgan fingerprint density at radius 2 is 0.891 bits per heavy atom. The molecule has 4 aromatic rings.